The molecule has 24 heavy (non-hydrogen) atoms. The van der Waals surface area contributed by atoms with E-state index in [1.54, 1.807) is 16.8 Å². The number of aryl methyl sites for hydroxylation is 2. The summed E-state index contributed by atoms with van der Waals surface area (Å²) in [7, 11) is 0. The van der Waals surface area contributed by atoms with Gasteiger partial charge in [0.25, 0.3) is 5.91 Å². The first-order valence-electron chi connectivity index (χ1n) is 7.41. The molecular formula is C16H19FN4O2S. The summed E-state index contributed by atoms with van der Waals surface area (Å²) in [6.45, 7) is 3.75. The van der Waals surface area contributed by atoms with Gasteiger partial charge in [0, 0.05) is 22.8 Å². The molecule has 0 unspecified atom stereocenters. The lowest BCUT2D eigenvalue weighted by Crippen LogP contribution is -2.43. The molecule has 0 aliphatic carbocycles. The first kappa shape index (κ1) is 18.0. The number of rotatable bonds is 6. The van der Waals surface area contributed by atoms with Gasteiger partial charge in [-0.05, 0) is 44.2 Å². The van der Waals surface area contributed by atoms with E-state index >= 15 is 0 Å². The second-order valence-corrected chi connectivity index (χ2v) is 6.40. The normalized spacial score (nSPS) is 10.5. The van der Waals surface area contributed by atoms with Crippen LogP contribution in [0, 0.1) is 19.7 Å². The Labute approximate surface area is 143 Å². The molecule has 1 aromatic heterocycles. The lowest BCUT2D eigenvalue weighted by molar-refractivity contribution is -0.129. The summed E-state index contributed by atoms with van der Waals surface area (Å²) in [6.07, 6.45) is 0.238. The van der Waals surface area contributed by atoms with Crippen LogP contribution < -0.4 is 10.9 Å². The Hall–Kier alpha value is -2.35. The molecule has 0 spiro atoms. The topological polar surface area (TPSA) is 76.0 Å². The van der Waals surface area contributed by atoms with E-state index < -0.39 is 0 Å². The molecule has 1 heterocycles. The van der Waals surface area contributed by atoms with Gasteiger partial charge in [0.1, 0.15) is 12.4 Å². The number of aromatic nitrogens is 2. The highest BCUT2D eigenvalue weighted by atomic mass is 32.2. The second kappa shape index (κ2) is 8.49. The summed E-state index contributed by atoms with van der Waals surface area (Å²) >= 11 is 1.44. The molecule has 2 rings (SSSR count). The number of amides is 2. The fraction of sp³-hybridized carbons (Fsp3) is 0.312. The van der Waals surface area contributed by atoms with Gasteiger partial charge in [0.2, 0.25) is 5.91 Å². The van der Waals surface area contributed by atoms with E-state index in [0.29, 0.717) is 5.75 Å². The van der Waals surface area contributed by atoms with Crippen molar-refractivity contribution >= 4 is 23.6 Å². The highest BCUT2D eigenvalue weighted by molar-refractivity contribution is 7.99. The van der Waals surface area contributed by atoms with Crippen LogP contribution in [0.15, 0.2) is 35.2 Å². The third kappa shape index (κ3) is 5.69. The first-order chi connectivity index (χ1) is 11.4. The number of halogens is 1. The van der Waals surface area contributed by atoms with Crippen molar-refractivity contribution in [2.45, 2.75) is 31.7 Å². The van der Waals surface area contributed by atoms with E-state index in [1.165, 1.54) is 23.9 Å². The molecule has 0 saturated heterocycles. The van der Waals surface area contributed by atoms with Crippen LogP contribution >= 0.6 is 11.8 Å². The van der Waals surface area contributed by atoms with Crippen LogP contribution in [-0.4, -0.2) is 27.3 Å². The molecule has 0 radical (unpaired) electrons. The zero-order chi connectivity index (χ0) is 17.5. The standard InChI is InChI=1S/C16H19FN4O2S/c1-11-9-12(2)21(20-11)10-16(23)19-18-15(22)7-8-24-14-5-3-13(17)4-6-14/h3-6,9H,7-8,10H2,1-2H3,(H,18,22)(H,19,23). The minimum atomic E-state index is -0.347. The summed E-state index contributed by atoms with van der Waals surface area (Å²) in [4.78, 5) is 24.4. The van der Waals surface area contributed by atoms with Crippen molar-refractivity contribution in [1.29, 1.82) is 0 Å². The lowest BCUT2D eigenvalue weighted by Gasteiger charge is -2.08. The van der Waals surface area contributed by atoms with Gasteiger partial charge in [-0.25, -0.2) is 4.39 Å². The molecule has 0 bridgehead atoms. The van der Waals surface area contributed by atoms with E-state index in [0.717, 1.165) is 16.3 Å². The van der Waals surface area contributed by atoms with Gasteiger partial charge in [-0.15, -0.1) is 11.8 Å². The average Bonchev–Trinajstić information content (AvgIpc) is 2.85. The molecule has 6 nitrogen and oxygen atoms in total. The van der Waals surface area contributed by atoms with Crippen LogP contribution in [0.3, 0.4) is 0 Å². The number of carbonyl (C=O) groups is 2. The Morgan fingerprint density at radius 1 is 1.17 bits per heavy atom. The molecule has 1 aromatic carbocycles. The van der Waals surface area contributed by atoms with Gasteiger partial charge in [-0.2, -0.15) is 5.10 Å². The van der Waals surface area contributed by atoms with Crippen LogP contribution in [0.1, 0.15) is 17.8 Å². The van der Waals surface area contributed by atoms with Crippen molar-refractivity contribution in [3.05, 3.63) is 47.5 Å². The number of nitrogens with one attached hydrogen (secondary N) is 2. The molecule has 2 N–H and O–H groups in total. The zero-order valence-corrected chi connectivity index (χ0v) is 14.3. The fourth-order valence-corrected chi connectivity index (χ4v) is 2.86. The Morgan fingerprint density at radius 2 is 1.83 bits per heavy atom. The highest BCUT2D eigenvalue weighted by Gasteiger charge is 2.08. The predicted molar refractivity (Wildman–Crippen MR) is 89.7 cm³/mol. The number of hydrogen-bond acceptors (Lipinski definition) is 4. The van der Waals surface area contributed by atoms with Gasteiger partial charge < -0.3 is 0 Å². The molecule has 0 fully saturated rings. The SMILES string of the molecule is Cc1cc(C)n(CC(=O)NNC(=O)CCSc2ccc(F)cc2)n1. The molecular weight excluding hydrogens is 331 g/mol. The van der Waals surface area contributed by atoms with E-state index in [-0.39, 0.29) is 30.6 Å². The van der Waals surface area contributed by atoms with Gasteiger partial charge >= 0.3 is 0 Å². The van der Waals surface area contributed by atoms with Crippen molar-refractivity contribution in [2.24, 2.45) is 0 Å². The molecule has 2 aromatic rings. The molecule has 2 amide bonds. The Balaban J connectivity index is 1.66. The van der Waals surface area contributed by atoms with E-state index in [2.05, 4.69) is 16.0 Å². The van der Waals surface area contributed by atoms with Crippen LogP contribution in [-0.2, 0) is 16.1 Å². The smallest absolute Gasteiger partial charge is 0.260 e. The quantitative estimate of drug-likeness (QED) is 0.617. The van der Waals surface area contributed by atoms with Crippen molar-refractivity contribution in [2.75, 3.05) is 5.75 Å². The van der Waals surface area contributed by atoms with Gasteiger partial charge in [0.15, 0.2) is 0 Å². The minimum absolute atomic E-state index is 0.0459. The van der Waals surface area contributed by atoms with Crippen LogP contribution in [0.2, 0.25) is 0 Å². The van der Waals surface area contributed by atoms with E-state index in [1.807, 2.05) is 19.9 Å². The number of hydrazine groups is 1. The van der Waals surface area contributed by atoms with Crippen LogP contribution in [0.5, 0.6) is 0 Å². The lowest BCUT2D eigenvalue weighted by atomic mass is 10.4. The summed E-state index contributed by atoms with van der Waals surface area (Å²) in [6, 6.07) is 7.95. The van der Waals surface area contributed by atoms with Crippen molar-refractivity contribution < 1.29 is 14.0 Å². The average molecular weight is 350 g/mol. The van der Waals surface area contributed by atoms with Crippen LogP contribution in [0.4, 0.5) is 4.39 Å². The number of thioether (sulfide) groups is 1. The third-order valence-electron chi connectivity index (χ3n) is 3.15. The zero-order valence-electron chi connectivity index (χ0n) is 13.5. The molecule has 0 aliphatic heterocycles. The van der Waals surface area contributed by atoms with E-state index in [4.69, 9.17) is 0 Å². The van der Waals surface area contributed by atoms with E-state index in [9.17, 15) is 14.0 Å². The largest absolute Gasteiger partial charge is 0.273 e. The molecule has 0 atom stereocenters. The van der Waals surface area contributed by atoms with Gasteiger partial charge in [-0.3, -0.25) is 25.1 Å². The predicted octanol–water partition coefficient (Wildman–Crippen LogP) is 1.97. The summed E-state index contributed by atoms with van der Waals surface area (Å²) in [5.74, 6) is -0.389. The van der Waals surface area contributed by atoms with Crippen molar-refractivity contribution in [3.63, 3.8) is 0 Å². The Morgan fingerprint density at radius 3 is 2.46 bits per heavy atom. The maximum absolute atomic E-state index is 12.8. The number of carbonyl (C=O) groups excluding carboxylic acids is 2. The Bertz CT molecular complexity index is 715. The molecule has 0 saturated carbocycles. The molecule has 0 aliphatic rings. The van der Waals surface area contributed by atoms with Crippen molar-refractivity contribution in [1.82, 2.24) is 20.6 Å². The molecule has 8 heteroatoms. The maximum Gasteiger partial charge on any atom is 0.260 e. The summed E-state index contributed by atoms with van der Waals surface area (Å²) in [5.41, 5.74) is 6.45. The highest BCUT2D eigenvalue weighted by Crippen LogP contribution is 2.18. The fourth-order valence-electron chi connectivity index (χ4n) is 2.00. The first-order valence-corrected chi connectivity index (χ1v) is 8.39. The minimum Gasteiger partial charge on any atom is -0.273 e. The van der Waals surface area contributed by atoms with Gasteiger partial charge in [-0.1, -0.05) is 0 Å². The summed E-state index contributed by atoms with van der Waals surface area (Å²) in [5, 5.41) is 4.18. The van der Waals surface area contributed by atoms with Crippen LogP contribution in [0.25, 0.3) is 0 Å². The number of benzene rings is 1. The third-order valence-corrected chi connectivity index (χ3v) is 4.16. The van der Waals surface area contributed by atoms with Crippen molar-refractivity contribution in [3.8, 4) is 0 Å². The summed E-state index contributed by atoms with van der Waals surface area (Å²) < 4.78 is 14.3. The number of hydrogen-bond donors (Lipinski definition) is 2. The monoisotopic (exact) mass is 350 g/mol. The second-order valence-electron chi connectivity index (χ2n) is 5.23. The number of nitrogens with zero attached hydrogens (tertiary/aromatic N) is 2. The Kier molecular flexibility index (Phi) is 6.36. The van der Waals surface area contributed by atoms with Gasteiger partial charge in [0.05, 0.1) is 5.69 Å². The maximum atomic E-state index is 12.8. The molecule has 128 valence electrons.